The Bertz CT molecular complexity index is 708. The van der Waals surface area contributed by atoms with E-state index in [1.54, 1.807) is 36.4 Å². The Morgan fingerprint density at radius 2 is 2.05 bits per heavy atom. The highest BCUT2D eigenvalue weighted by Crippen LogP contribution is 2.28. The first-order valence-electron chi connectivity index (χ1n) is 6.23. The van der Waals surface area contributed by atoms with Crippen molar-refractivity contribution >= 4 is 5.69 Å². The molecule has 2 aromatic rings. The number of nitriles is 1. The predicted molar refractivity (Wildman–Crippen MR) is 76.5 cm³/mol. The lowest BCUT2D eigenvalue weighted by molar-refractivity contribution is -0.386. The van der Waals surface area contributed by atoms with Gasteiger partial charge in [-0.2, -0.15) is 5.26 Å². The third-order valence-electron chi connectivity index (χ3n) is 2.91. The molecule has 2 rings (SSSR count). The Morgan fingerprint density at radius 3 is 2.71 bits per heavy atom. The van der Waals surface area contributed by atoms with E-state index in [0.29, 0.717) is 5.56 Å². The number of nitro groups is 1. The number of nitrogens with two attached hydrogens (primary N) is 1. The molecule has 2 N–H and O–H groups in total. The van der Waals surface area contributed by atoms with Crippen LogP contribution >= 0.6 is 0 Å². The molecule has 106 valence electrons. The zero-order valence-corrected chi connectivity index (χ0v) is 11.2. The normalized spacial score (nSPS) is 9.90. The molecule has 0 amide bonds. The maximum absolute atomic E-state index is 11.0. The summed E-state index contributed by atoms with van der Waals surface area (Å²) in [6, 6.07) is 13.5. The second-order valence-electron chi connectivity index (χ2n) is 4.36. The van der Waals surface area contributed by atoms with Gasteiger partial charge < -0.3 is 10.5 Å². The molecule has 0 bridgehead atoms. The van der Waals surface area contributed by atoms with E-state index < -0.39 is 4.92 Å². The third kappa shape index (κ3) is 3.55. The molecule has 0 atom stereocenters. The minimum absolute atomic E-state index is 0.108. The molecule has 0 saturated heterocycles. The van der Waals surface area contributed by atoms with E-state index in [2.05, 4.69) is 0 Å². The first-order valence-corrected chi connectivity index (χ1v) is 6.23. The summed E-state index contributed by atoms with van der Waals surface area (Å²) in [5.74, 6) is 0.172. The molecule has 0 spiro atoms. The van der Waals surface area contributed by atoms with Gasteiger partial charge in [-0.05, 0) is 29.3 Å². The lowest BCUT2D eigenvalue weighted by atomic mass is 10.1. The quantitative estimate of drug-likeness (QED) is 0.670. The van der Waals surface area contributed by atoms with Gasteiger partial charge in [0.05, 0.1) is 16.6 Å². The Kier molecular flexibility index (Phi) is 4.49. The van der Waals surface area contributed by atoms with Crippen LogP contribution in [0.2, 0.25) is 0 Å². The zero-order chi connectivity index (χ0) is 15.2. The fourth-order valence-electron chi connectivity index (χ4n) is 1.84. The van der Waals surface area contributed by atoms with Crippen LogP contribution in [0.25, 0.3) is 0 Å². The number of nitrogens with zero attached hydrogens (tertiary/aromatic N) is 2. The summed E-state index contributed by atoms with van der Waals surface area (Å²) in [6.45, 7) is 0.419. The highest BCUT2D eigenvalue weighted by Gasteiger charge is 2.15. The van der Waals surface area contributed by atoms with Gasteiger partial charge in [0.25, 0.3) is 0 Å². The second-order valence-corrected chi connectivity index (χ2v) is 4.36. The summed E-state index contributed by atoms with van der Waals surface area (Å²) in [4.78, 5) is 10.5. The smallest absolute Gasteiger partial charge is 0.310 e. The van der Waals surface area contributed by atoms with Crippen LogP contribution in [0, 0.1) is 21.4 Å². The lowest BCUT2D eigenvalue weighted by Gasteiger charge is -2.08. The molecule has 0 fully saturated rings. The van der Waals surface area contributed by atoms with Gasteiger partial charge in [-0.3, -0.25) is 10.1 Å². The molecule has 0 unspecified atom stereocenters. The van der Waals surface area contributed by atoms with Crippen LogP contribution in [0.1, 0.15) is 16.7 Å². The summed E-state index contributed by atoms with van der Waals surface area (Å²) >= 11 is 0. The molecule has 0 aliphatic rings. The number of rotatable bonds is 5. The Morgan fingerprint density at radius 1 is 1.24 bits per heavy atom. The van der Waals surface area contributed by atoms with Crippen molar-refractivity contribution in [3.05, 3.63) is 69.3 Å². The standard InChI is InChI=1S/C15H13N3O3/c16-8-11-2-1-3-13(6-11)10-21-15-7-12(9-17)4-5-14(15)18(19)20/h1-7H,9-10,17H2. The summed E-state index contributed by atoms with van der Waals surface area (Å²) in [5, 5.41) is 19.8. The van der Waals surface area contributed by atoms with Crippen LogP contribution < -0.4 is 10.5 Å². The molecule has 0 heterocycles. The maximum atomic E-state index is 11.0. The van der Waals surface area contributed by atoms with Gasteiger partial charge >= 0.3 is 5.69 Å². The average Bonchev–Trinajstić information content (AvgIpc) is 2.52. The molecule has 0 saturated carbocycles. The monoisotopic (exact) mass is 283 g/mol. The van der Waals surface area contributed by atoms with Crippen molar-refractivity contribution in [2.75, 3.05) is 0 Å². The lowest BCUT2D eigenvalue weighted by Crippen LogP contribution is -2.02. The molecule has 0 radical (unpaired) electrons. The highest BCUT2D eigenvalue weighted by atomic mass is 16.6. The van der Waals surface area contributed by atoms with E-state index in [1.165, 1.54) is 6.07 Å². The largest absolute Gasteiger partial charge is 0.482 e. The van der Waals surface area contributed by atoms with Crippen LogP contribution in [0.5, 0.6) is 5.75 Å². The molecule has 6 heteroatoms. The number of hydrogen-bond acceptors (Lipinski definition) is 5. The fraction of sp³-hybridized carbons (Fsp3) is 0.133. The van der Waals surface area contributed by atoms with Gasteiger partial charge in [-0.1, -0.05) is 18.2 Å². The maximum Gasteiger partial charge on any atom is 0.310 e. The van der Waals surface area contributed by atoms with Crippen molar-refractivity contribution in [1.29, 1.82) is 5.26 Å². The first-order chi connectivity index (χ1) is 10.1. The van der Waals surface area contributed by atoms with Gasteiger partial charge in [0.2, 0.25) is 0 Å². The molecule has 0 aliphatic heterocycles. The summed E-state index contributed by atoms with van der Waals surface area (Å²) in [7, 11) is 0. The molecule has 2 aromatic carbocycles. The summed E-state index contributed by atoms with van der Waals surface area (Å²) in [6.07, 6.45) is 0. The van der Waals surface area contributed by atoms with E-state index >= 15 is 0 Å². The predicted octanol–water partition coefficient (Wildman–Crippen LogP) is 2.50. The van der Waals surface area contributed by atoms with Crippen molar-refractivity contribution in [3.63, 3.8) is 0 Å². The van der Waals surface area contributed by atoms with Gasteiger partial charge in [-0.25, -0.2) is 0 Å². The van der Waals surface area contributed by atoms with E-state index in [0.717, 1.165) is 11.1 Å². The van der Waals surface area contributed by atoms with Crippen molar-refractivity contribution in [2.45, 2.75) is 13.2 Å². The number of nitro benzene ring substituents is 1. The minimum atomic E-state index is -0.499. The zero-order valence-electron chi connectivity index (χ0n) is 11.2. The van der Waals surface area contributed by atoms with Gasteiger partial charge in [0.1, 0.15) is 6.61 Å². The fourth-order valence-corrected chi connectivity index (χ4v) is 1.84. The molecule has 21 heavy (non-hydrogen) atoms. The highest BCUT2D eigenvalue weighted by molar-refractivity contribution is 5.48. The van der Waals surface area contributed by atoms with Gasteiger partial charge in [0.15, 0.2) is 5.75 Å². The van der Waals surface area contributed by atoms with E-state index in [4.69, 9.17) is 15.7 Å². The Balaban J connectivity index is 2.22. The van der Waals surface area contributed by atoms with Crippen LogP contribution in [0.4, 0.5) is 5.69 Å². The molecule has 6 nitrogen and oxygen atoms in total. The SMILES string of the molecule is N#Cc1cccc(COc2cc(CN)ccc2[N+](=O)[O-])c1. The summed E-state index contributed by atoms with van der Waals surface area (Å²) in [5.41, 5.74) is 7.45. The number of hydrogen-bond donors (Lipinski definition) is 1. The van der Waals surface area contributed by atoms with Crippen molar-refractivity contribution in [2.24, 2.45) is 5.73 Å². The minimum Gasteiger partial charge on any atom is -0.482 e. The van der Waals surface area contributed by atoms with E-state index in [-0.39, 0.29) is 24.6 Å². The third-order valence-corrected chi connectivity index (χ3v) is 2.91. The van der Waals surface area contributed by atoms with Crippen LogP contribution in [0.15, 0.2) is 42.5 Å². The van der Waals surface area contributed by atoms with E-state index in [1.807, 2.05) is 6.07 Å². The first kappa shape index (κ1) is 14.5. The molecular weight excluding hydrogens is 270 g/mol. The second kappa shape index (κ2) is 6.50. The summed E-state index contributed by atoms with van der Waals surface area (Å²) < 4.78 is 5.52. The van der Waals surface area contributed by atoms with Crippen molar-refractivity contribution < 1.29 is 9.66 Å². The van der Waals surface area contributed by atoms with Crippen molar-refractivity contribution in [1.82, 2.24) is 0 Å². The Hall–Kier alpha value is -2.91. The van der Waals surface area contributed by atoms with Crippen LogP contribution in [0.3, 0.4) is 0 Å². The van der Waals surface area contributed by atoms with Gasteiger partial charge in [0, 0.05) is 12.6 Å². The molecule has 0 aliphatic carbocycles. The molecule has 0 aromatic heterocycles. The van der Waals surface area contributed by atoms with E-state index in [9.17, 15) is 10.1 Å². The number of ether oxygens (including phenoxy) is 1. The Labute approximate surface area is 121 Å². The van der Waals surface area contributed by atoms with Crippen LogP contribution in [-0.2, 0) is 13.2 Å². The topological polar surface area (TPSA) is 102 Å². The number of benzene rings is 2. The molecular formula is C15H13N3O3. The average molecular weight is 283 g/mol. The van der Waals surface area contributed by atoms with Crippen molar-refractivity contribution in [3.8, 4) is 11.8 Å². The van der Waals surface area contributed by atoms with Gasteiger partial charge in [-0.15, -0.1) is 0 Å². The van der Waals surface area contributed by atoms with Crippen LogP contribution in [-0.4, -0.2) is 4.92 Å².